The Morgan fingerprint density at radius 3 is 2.68 bits per heavy atom. The van der Waals surface area contributed by atoms with Gasteiger partial charge in [0.25, 0.3) is 5.91 Å². The number of amides is 2. The fourth-order valence-electron chi connectivity index (χ4n) is 2.88. The highest BCUT2D eigenvalue weighted by Gasteiger charge is 2.30. The van der Waals surface area contributed by atoms with Crippen LogP contribution >= 0.6 is 11.3 Å². The number of aromatic nitrogens is 3. The third kappa shape index (κ3) is 4.89. The molecule has 0 radical (unpaired) electrons. The molecule has 0 aliphatic carbocycles. The first kappa shape index (κ1) is 20.5. The van der Waals surface area contributed by atoms with Gasteiger partial charge in [-0.3, -0.25) is 14.9 Å². The van der Waals surface area contributed by atoms with Gasteiger partial charge in [-0.2, -0.15) is 13.2 Å². The number of nitrogens with zero attached hydrogens (tertiary/aromatic N) is 2. The summed E-state index contributed by atoms with van der Waals surface area (Å²) in [5.74, 6) is -0.726. The van der Waals surface area contributed by atoms with E-state index in [-0.39, 0.29) is 23.8 Å². The van der Waals surface area contributed by atoms with Crippen LogP contribution in [0.1, 0.15) is 21.6 Å². The van der Waals surface area contributed by atoms with Crippen molar-refractivity contribution in [1.29, 1.82) is 0 Å². The summed E-state index contributed by atoms with van der Waals surface area (Å²) in [6.45, 7) is 0. The van der Waals surface area contributed by atoms with E-state index in [2.05, 4.69) is 25.6 Å². The Morgan fingerprint density at radius 2 is 1.94 bits per heavy atom. The minimum Gasteiger partial charge on any atom is -0.324 e. The molecule has 0 unspecified atom stereocenters. The lowest BCUT2D eigenvalue weighted by atomic mass is 10.1. The first-order chi connectivity index (χ1) is 14.8. The number of anilines is 2. The lowest BCUT2D eigenvalue weighted by Gasteiger charge is -2.08. The minimum atomic E-state index is -4.47. The molecule has 2 amide bonds. The molecule has 0 aliphatic rings. The summed E-state index contributed by atoms with van der Waals surface area (Å²) in [5, 5.41) is 6.87. The molecular weight excluding hydrogens is 431 g/mol. The predicted octanol–water partition coefficient (Wildman–Crippen LogP) is 4.47. The summed E-state index contributed by atoms with van der Waals surface area (Å²) in [4.78, 5) is 35.4. The zero-order valence-electron chi connectivity index (χ0n) is 15.7. The molecule has 2 heterocycles. The molecule has 3 N–H and O–H groups in total. The molecule has 0 saturated carbocycles. The molecular formula is C20H14F3N5O2S. The maximum absolute atomic E-state index is 12.8. The fraction of sp³-hybridized carbons (Fsp3) is 0.100. The highest BCUT2D eigenvalue weighted by atomic mass is 32.1. The first-order valence-electron chi connectivity index (χ1n) is 8.93. The number of halogens is 3. The molecule has 2 aromatic heterocycles. The lowest BCUT2D eigenvalue weighted by molar-refractivity contribution is -0.137. The minimum absolute atomic E-state index is 0.148. The van der Waals surface area contributed by atoms with Gasteiger partial charge >= 0.3 is 6.18 Å². The second-order valence-corrected chi connectivity index (χ2v) is 7.29. The Labute approximate surface area is 177 Å². The predicted molar refractivity (Wildman–Crippen MR) is 110 cm³/mol. The van der Waals surface area contributed by atoms with E-state index in [1.54, 1.807) is 29.1 Å². The summed E-state index contributed by atoms with van der Waals surface area (Å²) in [7, 11) is 0. The number of benzene rings is 2. The topological polar surface area (TPSA) is 99.8 Å². The monoisotopic (exact) mass is 445 g/mol. The molecule has 158 valence electrons. The van der Waals surface area contributed by atoms with Crippen molar-refractivity contribution in [2.24, 2.45) is 0 Å². The summed E-state index contributed by atoms with van der Waals surface area (Å²) in [6.07, 6.45) is -4.71. The van der Waals surface area contributed by atoms with Gasteiger partial charge in [0.05, 0.1) is 28.5 Å². The summed E-state index contributed by atoms with van der Waals surface area (Å²) >= 11 is 1.31. The van der Waals surface area contributed by atoms with Gasteiger partial charge in [0.1, 0.15) is 5.69 Å². The van der Waals surface area contributed by atoms with Gasteiger partial charge in [-0.25, -0.2) is 9.97 Å². The largest absolute Gasteiger partial charge is 0.416 e. The van der Waals surface area contributed by atoms with Gasteiger partial charge in [0.15, 0.2) is 0 Å². The molecule has 0 aliphatic heterocycles. The third-order valence-electron chi connectivity index (χ3n) is 4.28. The van der Waals surface area contributed by atoms with Crippen LogP contribution in [0.15, 0.2) is 53.4 Å². The average molecular weight is 445 g/mol. The summed E-state index contributed by atoms with van der Waals surface area (Å²) < 4.78 is 38.5. The average Bonchev–Trinajstić information content (AvgIpc) is 3.36. The van der Waals surface area contributed by atoms with Gasteiger partial charge in [-0.1, -0.05) is 18.2 Å². The maximum atomic E-state index is 12.8. The van der Waals surface area contributed by atoms with E-state index in [4.69, 9.17) is 0 Å². The van der Waals surface area contributed by atoms with Crippen LogP contribution in [0.25, 0.3) is 11.0 Å². The van der Waals surface area contributed by atoms with Crippen molar-refractivity contribution < 1.29 is 22.8 Å². The van der Waals surface area contributed by atoms with Crippen molar-refractivity contribution in [3.05, 3.63) is 70.2 Å². The van der Waals surface area contributed by atoms with Crippen molar-refractivity contribution in [1.82, 2.24) is 15.0 Å². The van der Waals surface area contributed by atoms with Gasteiger partial charge in [0.2, 0.25) is 11.9 Å². The number of rotatable bonds is 5. The molecule has 0 atom stereocenters. The maximum Gasteiger partial charge on any atom is 0.416 e. The zero-order valence-corrected chi connectivity index (χ0v) is 16.5. The van der Waals surface area contributed by atoms with Crippen LogP contribution in [-0.4, -0.2) is 26.8 Å². The van der Waals surface area contributed by atoms with Crippen molar-refractivity contribution in [2.75, 3.05) is 10.6 Å². The van der Waals surface area contributed by atoms with Gasteiger partial charge < -0.3 is 10.3 Å². The first-order valence-corrected chi connectivity index (χ1v) is 9.87. The van der Waals surface area contributed by atoms with Crippen LogP contribution < -0.4 is 10.6 Å². The van der Waals surface area contributed by atoms with Crippen LogP contribution in [0.4, 0.5) is 24.8 Å². The molecule has 2 aromatic carbocycles. The molecule has 4 rings (SSSR count). The second-order valence-electron chi connectivity index (χ2n) is 6.57. The van der Waals surface area contributed by atoms with Crippen LogP contribution in [0.2, 0.25) is 0 Å². The highest BCUT2D eigenvalue weighted by Crippen LogP contribution is 2.29. The normalized spacial score (nSPS) is 11.5. The zero-order chi connectivity index (χ0) is 22.0. The number of thiazole rings is 1. The van der Waals surface area contributed by atoms with E-state index in [0.717, 1.165) is 12.1 Å². The van der Waals surface area contributed by atoms with Crippen molar-refractivity contribution in [3.8, 4) is 0 Å². The molecule has 0 bridgehead atoms. The molecule has 0 fully saturated rings. The van der Waals surface area contributed by atoms with Crippen molar-refractivity contribution >= 4 is 45.8 Å². The van der Waals surface area contributed by atoms with Gasteiger partial charge in [0, 0.05) is 11.1 Å². The number of nitrogens with one attached hydrogen (secondary N) is 3. The number of fused-ring (bicyclic) bond motifs is 1. The Bertz CT molecular complexity index is 1250. The molecule has 0 saturated heterocycles. The number of carbonyl (C=O) groups excluding carboxylic acids is 2. The molecule has 0 spiro atoms. The smallest absolute Gasteiger partial charge is 0.324 e. The van der Waals surface area contributed by atoms with E-state index < -0.39 is 17.6 Å². The van der Waals surface area contributed by atoms with E-state index in [9.17, 15) is 22.8 Å². The number of carbonyl (C=O) groups is 2. The molecule has 7 nitrogen and oxygen atoms in total. The second kappa shape index (κ2) is 8.19. The van der Waals surface area contributed by atoms with E-state index >= 15 is 0 Å². The van der Waals surface area contributed by atoms with E-state index in [1.165, 1.54) is 23.5 Å². The molecule has 4 aromatic rings. The van der Waals surface area contributed by atoms with Crippen LogP contribution in [0.5, 0.6) is 0 Å². The Hall–Kier alpha value is -3.73. The molecule has 11 heteroatoms. The standard InChI is InChI=1S/C20H14F3N5O2S/c21-20(22,23)12-3-1-2-11(6-12)7-17(29)28-19-26-14-5-4-13(8-15(14)27-19)25-18(30)16-9-31-10-24-16/h1-6,8-10H,7H2,(H,25,30)(H2,26,27,28,29). The number of hydrogen-bond donors (Lipinski definition) is 3. The van der Waals surface area contributed by atoms with E-state index in [1.807, 2.05) is 0 Å². The van der Waals surface area contributed by atoms with E-state index in [0.29, 0.717) is 22.4 Å². The van der Waals surface area contributed by atoms with Gasteiger partial charge in [-0.05, 0) is 29.8 Å². The number of H-pyrrole nitrogens is 1. The number of aromatic amines is 1. The Kier molecular flexibility index (Phi) is 5.42. The number of hydrogen-bond acceptors (Lipinski definition) is 5. The summed E-state index contributed by atoms with van der Waals surface area (Å²) in [5.41, 5.74) is 2.88. The lowest BCUT2D eigenvalue weighted by Crippen LogP contribution is -2.16. The summed E-state index contributed by atoms with van der Waals surface area (Å²) in [6, 6.07) is 9.57. The van der Waals surface area contributed by atoms with Crippen LogP contribution in [0, 0.1) is 0 Å². The Balaban J connectivity index is 1.44. The number of imidazole rings is 1. The van der Waals surface area contributed by atoms with Crippen molar-refractivity contribution in [2.45, 2.75) is 12.6 Å². The Morgan fingerprint density at radius 1 is 1.10 bits per heavy atom. The van der Waals surface area contributed by atoms with Crippen LogP contribution in [0.3, 0.4) is 0 Å². The van der Waals surface area contributed by atoms with Crippen LogP contribution in [-0.2, 0) is 17.4 Å². The number of alkyl halides is 3. The third-order valence-corrected chi connectivity index (χ3v) is 4.87. The quantitative estimate of drug-likeness (QED) is 0.422. The van der Waals surface area contributed by atoms with Crippen molar-refractivity contribution in [3.63, 3.8) is 0 Å². The highest BCUT2D eigenvalue weighted by molar-refractivity contribution is 7.07. The SMILES string of the molecule is O=C(Cc1cccc(C(F)(F)F)c1)Nc1nc2cc(NC(=O)c3cscn3)ccc2[nH]1. The van der Waals surface area contributed by atoms with Gasteiger partial charge in [-0.15, -0.1) is 11.3 Å². The fourth-order valence-corrected chi connectivity index (χ4v) is 3.41. The molecule has 31 heavy (non-hydrogen) atoms.